The SMILES string of the molecule is C#CCO[C@H]1C[C@H](n2cc(C(F)(F)F)c(=O)n(C(=O)c3ccccc3)c2=O)O[C@@H]1COC(C)OCCCC. The summed E-state index contributed by atoms with van der Waals surface area (Å²) in [6, 6.07) is 7.05. The number of halogens is 3. The molecule has 0 aliphatic carbocycles. The Morgan fingerprint density at radius 1 is 1.24 bits per heavy atom. The van der Waals surface area contributed by atoms with Gasteiger partial charge in [-0.25, -0.2) is 4.79 Å². The molecule has 2 aromatic rings. The van der Waals surface area contributed by atoms with Gasteiger partial charge in [-0.15, -0.1) is 6.42 Å². The number of carbonyl (C=O) groups is 1. The van der Waals surface area contributed by atoms with E-state index in [-0.39, 0.29) is 29.8 Å². The van der Waals surface area contributed by atoms with E-state index in [4.69, 9.17) is 25.4 Å². The van der Waals surface area contributed by atoms with Crippen molar-refractivity contribution in [2.24, 2.45) is 0 Å². The van der Waals surface area contributed by atoms with Gasteiger partial charge in [-0.2, -0.15) is 17.7 Å². The molecule has 1 saturated heterocycles. The molecular weight excluding hydrogens is 509 g/mol. The molecule has 2 heterocycles. The van der Waals surface area contributed by atoms with Crippen LogP contribution in [0.2, 0.25) is 0 Å². The smallest absolute Gasteiger partial charge is 0.363 e. The predicted molar refractivity (Wildman–Crippen MR) is 130 cm³/mol. The van der Waals surface area contributed by atoms with Crippen LogP contribution in [-0.4, -0.2) is 53.4 Å². The van der Waals surface area contributed by atoms with Crippen LogP contribution in [0.3, 0.4) is 0 Å². The fourth-order valence-electron chi connectivity index (χ4n) is 3.89. The molecule has 1 aromatic heterocycles. The van der Waals surface area contributed by atoms with Crippen molar-refractivity contribution in [1.82, 2.24) is 9.13 Å². The van der Waals surface area contributed by atoms with Crippen molar-refractivity contribution in [3.05, 3.63) is 68.5 Å². The lowest BCUT2D eigenvalue weighted by atomic mass is 10.2. The number of alkyl halides is 3. The maximum Gasteiger partial charge on any atom is 0.423 e. The summed E-state index contributed by atoms with van der Waals surface area (Å²) in [4.78, 5) is 38.9. The topological polar surface area (TPSA) is 98.0 Å². The number of nitrogens with zero attached hydrogens (tertiary/aromatic N) is 2. The average Bonchev–Trinajstić information content (AvgIpc) is 3.28. The molecule has 1 aromatic carbocycles. The quantitative estimate of drug-likeness (QED) is 0.246. The summed E-state index contributed by atoms with van der Waals surface area (Å²) in [5.41, 5.74) is -4.88. The number of unbranched alkanes of at least 4 members (excludes halogenated alkanes) is 1. The van der Waals surface area contributed by atoms with E-state index >= 15 is 0 Å². The van der Waals surface area contributed by atoms with Gasteiger partial charge in [0.25, 0.3) is 11.5 Å². The highest BCUT2D eigenvalue weighted by Gasteiger charge is 2.42. The molecule has 0 amide bonds. The number of benzene rings is 1. The van der Waals surface area contributed by atoms with E-state index in [1.807, 2.05) is 6.92 Å². The Labute approximate surface area is 217 Å². The van der Waals surface area contributed by atoms with Crippen LogP contribution in [0.1, 0.15) is 55.3 Å². The van der Waals surface area contributed by atoms with Crippen LogP contribution in [0.15, 0.2) is 46.1 Å². The van der Waals surface area contributed by atoms with Gasteiger partial charge in [0, 0.05) is 24.8 Å². The molecule has 1 aliphatic rings. The molecule has 4 atom stereocenters. The van der Waals surface area contributed by atoms with E-state index in [2.05, 4.69) is 5.92 Å². The second-order valence-electron chi connectivity index (χ2n) is 8.59. The Morgan fingerprint density at radius 2 is 1.95 bits per heavy atom. The van der Waals surface area contributed by atoms with Gasteiger partial charge in [-0.3, -0.25) is 14.2 Å². The monoisotopic (exact) mass is 538 g/mol. The largest absolute Gasteiger partial charge is 0.423 e. The molecule has 0 bridgehead atoms. The van der Waals surface area contributed by atoms with Crippen molar-refractivity contribution in [1.29, 1.82) is 0 Å². The summed E-state index contributed by atoms with van der Waals surface area (Å²) >= 11 is 0. The molecule has 0 radical (unpaired) electrons. The molecule has 1 aliphatic heterocycles. The number of terminal acetylenes is 1. The average molecular weight is 539 g/mol. The standard InChI is InChI=1S/C26H29F3N2O7/c1-4-6-13-35-17(3)37-16-21-20(36-12-5-2)14-22(38-21)30-15-19(26(27,28)29)24(33)31(25(30)34)23(32)18-10-8-7-9-11-18/h2,7-11,15,17,20-22H,4,6,12-14,16H2,1,3H3/t17?,20-,21+,22+/m0/s1. The van der Waals surface area contributed by atoms with Crippen molar-refractivity contribution in [2.45, 2.75) is 64.0 Å². The van der Waals surface area contributed by atoms with Crippen LogP contribution in [0, 0.1) is 12.3 Å². The van der Waals surface area contributed by atoms with E-state index in [0.717, 1.165) is 12.8 Å². The molecule has 12 heteroatoms. The first-order chi connectivity index (χ1) is 18.1. The highest BCUT2D eigenvalue weighted by atomic mass is 19.4. The van der Waals surface area contributed by atoms with Gasteiger partial charge in [0.1, 0.15) is 24.5 Å². The first-order valence-electron chi connectivity index (χ1n) is 12.1. The summed E-state index contributed by atoms with van der Waals surface area (Å²) in [6.45, 7) is 3.99. The molecule has 1 unspecified atom stereocenters. The van der Waals surface area contributed by atoms with Crippen LogP contribution in [0.4, 0.5) is 13.2 Å². The third-order valence-corrected chi connectivity index (χ3v) is 5.86. The van der Waals surface area contributed by atoms with Gasteiger partial charge in [-0.05, 0) is 25.5 Å². The van der Waals surface area contributed by atoms with Crippen LogP contribution >= 0.6 is 0 Å². The maximum absolute atomic E-state index is 13.8. The second-order valence-corrected chi connectivity index (χ2v) is 8.59. The lowest BCUT2D eigenvalue weighted by Crippen LogP contribution is -2.47. The Hall–Kier alpha value is -3.24. The Balaban J connectivity index is 1.96. The normalized spacial score (nSPS) is 20.3. The van der Waals surface area contributed by atoms with E-state index in [9.17, 15) is 27.6 Å². The van der Waals surface area contributed by atoms with Gasteiger partial charge in [0.05, 0.1) is 12.7 Å². The lowest BCUT2D eigenvalue weighted by molar-refractivity contribution is -0.164. The predicted octanol–water partition coefficient (Wildman–Crippen LogP) is 3.20. The summed E-state index contributed by atoms with van der Waals surface area (Å²) in [5.74, 6) is 1.11. The number of hydrogen-bond acceptors (Lipinski definition) is 7. The molecule has 0 spiro atoms. The highest BCUT2D eigenvalue weighted by Crippen LogP contribution is 2.32. The van der Waals surface area contributed by atoms with Gasteiger partial charge in [-0.1, -0.05) is 37.5 Å². The van der Waals surface area contributed by atoms with Crippen molar-refractivity contribution in [2.75, 3.05) is 19.8 Å². The molecule has 0 N–H and O–H groups in total. The summed E-state index contributed by atoms with van der Waals surface area (Å²) in [7, 11) is 0. The first-order valence-corrected chi connectivity index (χ1v) is 12.1. The molecule has 1 fully saturated rings. The minimum absolute atomic E-state index is 0.0354. The van der Waals surface area contributed by atoms with Crippen molar-refractivity contribution in [3.63, 3.8) is 0 Å². The number of ether oxygens (including phenoxy) is 4. The van der Waals surface area contributed by atoms with Crippen LogP contribution in [0.25, 0.3) is 0 Å². The molecule has 9 nitrogen and oxygen atoms in total. The minimum atomic E-state index is -5.14. The molecule has 3 rings (SSSR count). The maximum atomic E-state index is 13.8. The fraction of sp³-hybridized carbons (Fsp3) is 0.500. The zero-order chi connectivity index (χ0) is 27.9. The molecule has 206 valence electrons. The zero-order valence-corrected chi connectivity index (χ0v) is 21.0. The molecule has 38 heavy (non-hydrogen) atoms. The lowest BCUT2D eigenvalue weighted by Gasteiger charge is -2.21. The Morgan fingerprint density at radius 3 is 2.58 bits per heavy atom. The Kier molecular flexibility index (Phi) is 10.0. The molecule has 0 saturated carbocycles. The number of rotatable bonds is 11. The van der Waals surface area contributed by atoms with Gasteiger partial charge < -0.3 is 18.9 Å². The first kappa shape index (κ1) is 29.3. The number of hydrogen-bond donors (Lipinski definition) is 0. The number of aromatic nitrogens is 2. The van der Waals surface area contributed by atoms with Crippen LogP contribution in [0.5, 0.6) is 0 Å². The zero-order valence-electron chi connectivity index (χ0n) is 21.0. The van der Waals surface area contributed by atoms with Crippen LogP contribution < -0.4 is 11.2 Å². The van der Waals surface area contributed by atoms with Gasteiger partial charge >= 0.3 is 11.9 Å². The van der Waals surface area contributed by atoms with E-state index in [1.54, 1.807) is 13.0 Å². The summed E-state index contributed by atoms with van der Waals surface area (Å²) in [5, 5.41) is 0. The minimum Gasteiger partial charge on any atom is -0.363 e. The Bertz CT molecular complexity index is 1250. The van der Waals surface area contributed by atoms with Crippen molar-refractivity contribution < 1.29 is 36.9 Å². The van der Waals surface area contributed by atoms with Crippen LogP contribution in [-0.2, 0) is 25.1 Å². The second kappa shape index (κ2) is 13.0. The van der Waals surface area contributed by atoms with Gasteiger partial charge in [0.15, 0.2) is 6.29 Å². The van der Waals surface area contributed by atoms with Gasteiger partial charge in [0.2, 0.25) is 0 Å². The van der Waals surface area contributed by atoms with E-state index < -0.39 is 53.6 Å². The highest BCUT2D eigenvalue weighted by molar-refractivity contribution is 5.95. The molecular formula is C26H29F3N2O7. The van der Waals surface area contributed by atoms with Crippen molar-refractivity contribution >= 4 is 5.91 Å². The summed E-state index contributed by atoms with van der Waals surface area (Å²) < 4.78 is 64.6. The summed E-state index contributed by atoms with van der Waals surface area (Å²) in [6.07, 6.45) is -1.27. The van der Waals surface area contributed by atoms with E-state index in [1.165, 1.54) is 24.3 Å². The van der Waals surface area contributed by atoms with Crippen molar-refractivity contribution in [3.8, 4) is 12.3 Å². The number of carbonyl (C=O) groups excluding carboxylic acids is 1. The third kappa shape index (κ3) is 6.99. The van der Waals surface area contributed by atoms with E-state index in [0.29, 0.717) is 17.4 Å². The fourth-order valence-corrected chi connectivity index (χ4v) is 3.89. The third-order valence-electron chi connectivity index (χ3n) is 5.86.